The van der Waals surface area contributed by atoms with Crippen molar-refractivity contribution in [1.82, 2.24) is 19.5 Å². The number of ether oxygens (including phenoxy) is 1. The normalized spacial score (nSPS) is 32.4. The molecule has 9 heteroatoms. The molecule has 0 radical (unpaired) electrons. The summed E-state index contributed by atoms with van der Waals surface area (Å²) in [4.78, 5) is 11.7. The third kappa shape index (κ3) is 1.84. The second-order valence-corrected chi connectivity index (χ2v) is 4.66. The van der Waals surface area contributed by atoms with Crippen molar-refractivity contribution in [2.75, 3.05) is 12.3 Å². The van der Waals surface area contributed by atoms with Gasteiger partial charge in [-0.2, -0.15) is 4.98 Å². The van der Waals surface area contributed by atoms with Gasteiger partial charge in [0.15, 0.2) is 11.9 Å². The number of nitrogens with zero attached hydrogens (tertiary/aromatic N) is 4. The first-order valence-corrected chi connectivity index (χ1v) is 6.07. The Morgan fingerprint density at radius 1 is 1.57 bits per heavy atom. The monoisotopic (exact) mass is 293 g/mol. The summed E-state index contributed by atoms with van der Waals surface area (Å²) in [5, 5.41) is 19.1. The van der Waals surface area contributed by atoms with Crippen LogP contribution in [-0.4, -0.2) is 54.2 Å². The number of hydrogen-bond acceptors (Lipinski definition) is 7. The number of aliphatic hydroxyl groups excluding tert-OH is 2. The highest BCUT2D eigenvalue weighted by Crippen LogP contribution is 2.42. The number of anilines is 1. The molecule has 1 saturated heterocycles. The summed E-state index contributed by atoms with van der Waals surface area (Å²) in [7, 11) is 0. The van der Waals surface area contributed by atoms with Gasteiger partial charge >= 0.3 is 0 Å². The third-order valence-electron chi connectivity index (χ3n) is 3.43. The first kappa shape index (κ1) is 13.7. The Morgan fingerprint density at radius 3 is 3.00 bits per heavy atom. The van der Waals surface area contributed by atoms with E-state index in [0.717, 1.165) is 0 Å². The molecule has 3 heterocycles. The molecule has 4 atom stereocenters. The first-order chi connectivity index (χ1) is 10.0. The molecule has 1 aliphatic rings. The Bertz CT molecular complexity index is 729. The second kappa shape index (κ2) is 4.63. The summed E-state index contributed by atoms with van der Waals surface area (Å²) in [6, 6.07) is 0. The average Bonchev–Trinajstić information content (AvgIpc) is 2.99. The SMILES string of the molecule is C#CC1(F)[C@@H](O)[C@@H](CO)O[C@H]1n1cnc2cnc(N)nc21. The fourth-order valence-corrected chi connectivity index (χ4v) is 2.33. The third-order valence-corrected chi connectivity index (χ3v) is 3.43. The summed E-state index contributed by atoms with van der Waals surface area (Å²) >= 11 is 0. The molecule has 0 spiro atoms. The van der Waals surface area contributed by atoms with E-state index < -0.39 is 30.7 Å². The van der Waals surface area contributed by atoms with E-state index in [-0.39, 0.29) is 11.6 Å². The molecule has 2 aromatic heterocycles. The van der Waals surface area contributed by atoms with Crippen molar-refractivity contribution in [2.45, 2.75) is 24.1 Å². The van der Waals surface area contributed by atoms with Crippen molar-refractivity contribution in [3.63, 3.8) is 0 Å². The van der Waals surface area contributed by atoms with E-state index in [1.807, 2.05) is 5.92 Å². The summed E-state index contributed by atoms with van der Waals surface area (Å²) in [5.41, 5.74) is 3.56. The van der Waals surface area contributed by atoms with E-state index >= 15 is 0 Å². The van der Waals surface area contributed by atoms with E-state index in [1.54, 1.807) is 0 Å². The molecule has 0 bridgehead atoms. The summed E-state index contributed by atoms with van der Waals surface area (Å²) < 4.78 is 21.4. The van der Waals surface area contributed by atoms with Gasteiger partial charge in [-0.05, 0) is 0 Å². The Balaban J connectivity index is 2.13. The van der Waals surface area contributed by atoms with E-state index in [1.165, 1.54) is 17.1 Å². The van der Waals surface area contributed by atoms with Crippen molar-refractivity contribution in [3.8, 4) is 12.3 Å². The van der Waals surface area contributed by atoms with Gasteiger partial charge in [-0.3, -0.25) is 4.57 Å². The molecule has 1 aliphatic heterocycles. The molecule has 4 N–H and O–H groups in total. The number of aliphatic hydroxyl groups is 2. The molecule has 8 nitrogen and oxygen atoms in total. The van der Waals surface area contributed by atoms with Crippen LogP contribution in [0, 0.1) is 12.3 Å². The number of halogens is 1. The quantitative estimate of drug-likeness (QED) is 0.607. The molecule has 3 rings (SSSR count). The maximum Gasteiger partial charge on any atom is 0.243 e. The molecule has 2 aromatic rings. The molecule has 0 aromatic carbocycles. The zero-order valence-corrected chi connectivity index (χ0v) is 10.7. The fourth-order valence-electron chi connectivity index (χ4n) is 2.33. The van der Waals surface area contributed by atoms with Crippen LogP contribution in [0.4, 0.5) is 10.3 Å². The lowest BCUT2D eigenvalue weighted by molar-refractivity contribution is -0.0504. The lowest BCUT2D eigenvalue weighted by Gasteiger charge is -2.23. The zero-order chi connectivity index (χ0) is 15.2. The van der Waals surface area contributed by atoms with Gasteiger partial charge in [0.05, 0.1) is 19.1 Å². The highest BCUT2D eigenvalue weighted by Gasteiger charge is 2.57. The molecule has 0 saturated carbocycles. The number of nitrogens with two attached hydrogens (primary N) is 1. The van der Waals surface area contributed by atoms with Crippen molar-refractivity contribution < 1.29 is 19.3 Å². The molecule has 0 amide bonds. The Labute approximate surface area is 118 Å². The Morgan fingerprint density at radius 2 is 2.33 bits per heavy atom. The number of hydrogen-bond donors (Lipinski definition) is 3. The van der Waals surface area contributed by atoms with Gasteiger partial charge in [0.1, 0.15) is 17.7 Å². The largest absolute Gasteiger partial charge is 0.394 e. The standard InChI is InChI=1S/C12H12FN5O3/c1-2-12(13)8(20)7(4-19)21-10(12)18-5-16-6-3-15-11(14)17-9(6)18/h1,3,5,7-8,10,19-20H,4H2,(H2,14,15,17)/t7-,8+,10-,12?/m1/s1. The van der Waals surface area contributed by atoms with E-state index in [9.17, 15) is 9.50 Å². The number of fused-ring (bicyclic) bond motifs is 1. The minimum atomic E-state index is -2.53. The van der Waals surface area contributed by atoms with Crippen LogP contribution in [0.15, 0.2) is 12.5 Å². The van der Waals surface area contributed by atoms with Crippen LogP contribution >= 0.6 is 0 Å². The smallest absolute Gasteiger partial charge is 0.243 e. The number of alkyl halides is 1. The van der Waals surface area contributed by atoms with Gasteiger partial charge < -0.3 is 20.7 Å². The molecule has 0 aliphatic carbocycles. The van der Waals surface area contributed by atoms with Crippen molar-refractivity contribution in [1.29, 1.82) is 0 Å². The highest BCUT2D eigenvalue weighted by atomic mass is 19.1. The molecule has 110 valence electrons. The topological polar surface area (TPSA) is 119 Å². The van der Waals surface area contributed by atoms with Crippen molar-refractivity contribution >= 4 is 17.1 Å². The predicted octanol–water partition coefficient (Wildman–Crippen LogP) is -0.999. The van der Waals surface area contributed by atoms with Gasteiger partial charge in [-0.1, -0.05) is 5.92 Å². The van der Waals surface area contributed by atoms with Gasteiger partial charge in [0.25, 0.3) is 0 Å². The number of aromatic nitrogens is 4. The number of rotatable bonds is 2. The minimum Gasteiger partial charge on any atom is -0.394 e. The number of imidazole rings is 1. The van der Waals surface area contributed by atoms with E-state index in [2.05, 4.69) is 15.0 Å². The van der Waals surface area contributed by atoms with Crippen LogP contribution in [0.25, 0.3) is 11.2 Å². The van der Waals surface area contributed by atoms with Gasteiger partial charge in [0, 0.05) is 0 Å². The Hall–Kier alpha value is -2.28. The number of nitrogen functional groups attached to an aromatic ring is 1. The number of terminal acetylenes is 1. The van der Waals surface area contributed by atoms with Crippen molar-refractivity contribution in [2.24, 2.45) is 0 Å². The van der Waals surface area contributed by atoms with Crippen LogP contribution < -0.4 is 5.73 Å². The lowest BCUT2D eigenvalue weighted by Crippen LogP contribution is -2.42. The van der Waals surface area contributed by atoms with Gasteiger partial charge in [0.2, 0.25) is 11.6 Å². The van der Waals surface area contributed by atoms with Gasteiger partial charge in [-0.25, -0.2) is 14.4 Å². The van der Waals surface area contributed by atoms with Crippen LogP contribution in [0.5, 0.6) is 0 Å². The molecule has 1 fully saturated rings. The van der Waals surface area contributed by atoms with Crippen LogP contribution in [0.1, 0.15) is 6.23 Å². The van der Waals surface area contributed by atoms with Gasteiger partial charge in [-0.15, -0.1) is 6.42 Å². The summed E-state index contributed by atoms with van der Waals surface area (Å²) in [6.07, 6.45) is 3.65. The maximum atomic E-state index is 14.9. The molecular formula is C12H12FN5O3. The van der Waals surface area contributed by atoms with E-state index in [0.29, 0.717) is 5.52 Å². The van der Waals surface area contributed by atoms with Crippen LogP contribution in [0.3, 0.4) is 0 Å². The van der Waals surface area contributed by atoms with Crippen molar-refractivity contribution in [3.05, 3.63) is 12.5 Å². The van der Waals surface area contributed by atoms with Crippen LogP contribution in [0.2, 0.25) is 0 Å². The highest BCUT2D eigenvalue weighted by molar-refractivity contribution is 5.70. The molecule has 1 unspecified atom stereocenters. The first-order valence-electron chi connectivity index (χ1n) is 6.07. The van der Waals surface area contributed by atoms with E-state index in [4.69, 9.17) is 22.0 Å². The minimum absolute atomic E-state index is 0.0216. The molecular weight excluding hydrogens is 281 g/mol. The average molecular weight is 293 g/mol. The fraction of sp³-hybridized carbons (Fsp3) is 0.417. The van der Waals surface area contributed by atoms with Crippen LogP contribution in [-0.2, 0) is 4.74 Å². The maximum absolute atomic E-state index is 14.9. The predicted molar refractivity (Wildman–Crippen MR) is 69.4 cm³/mol. The zero-order valence-electron chi connectivity index (χ0n) is 10.7. The summed E-state index contributed by atoms with van der Waals surface area (Å²) in [5.74, 6) is 1.87. The lowest BCUT2D eigenvalue weighted by atomic mass is 9.97. The second-order valence-electron chi connectivity index (χ2n) is 4.66. The Kier molecular flexibility index (Phi) is 3.02. The summed E-state index contributed by atoms with van der Waals surface area (Å²) in [6.45, 7) is -0.575. The molecule has 21 heavy (non-hydrogen) atoms.